The van der Waals surface area contributed by atoms with Crippen LogP contribution in [-0.2, 0) is 0 Å². The van der Waals surface area contributed by atoms with E-state index in [2.05, 4.69) is 32.8 Å². The van der Waals surface area contributed by atoms with Crippen LogP contribution in [0.25, 0.3) is 0 Å². The monoisotopic (exact) mass is 356 g/mol. The molecule has 1 saturated heterocycles. The number of hydrogen-bond donors (Lipinski definition) is 1. The standard InChI is InChI=1S/C14H17IN2O/c15-11-3-1-10(2-4-11)14(18)16-12-7-8-17(9-12)13-5-6-13/h1-4,12-13H,5-9H2,(H,16,18). The number of halogens is 1. The van der Waals surface area contributed by atoms with Gasteiger partial charge in [-0.1, -0.05) is 0 Å². The third kappa shape index (κ3) is 2.85. The van der Waals surface area contributed by atoms with Gasteiger partial charge in [-0.25, -0.2) is 0 Å². The lowest BCUT2D eigenvalue weighted by Gasteiger charge is -2.15. The van der Waals surface area contributed by atoms with Gasteiger partial charge in [-0.15, -0.1) is 0 Å². The topological polar surface area (TPSA) is 32.3 Å². The minimum atomic E-state index is 0.0639. The van der Waals surface area contributed by atoms with Crippen molar-refractivity contribution in [2.75, 3.05) is 13.1 Å². The molecule has 18 heavy (non-hydrogen) atoms. The Labute approximate surface area is 121 Å². The summed E-state index contributed by atoms with van der Waals surface area (Å²) in [6, 6.07) is 8.87. The molecular formula is C14H17IN2O. The summed E-state index contributed by atoms with van der Waals surface area (Å²) in [5.41, 5.74) is 0.764. The Morgan fingerprint density at radius 1 is 1.22 bits per heavy atom. The SMILES string of the molecule is O=C(NC1CCN(C2CC2)C1)c1ccc(I)cc1. The first-order valence-corrected chi connectivity index (χ1v) is 7.61. The van der Waals surface area contributed by atoms with E-state index in [1.807, 2.05) is 24.3 Å². The van der Waals surface area contributed by atoms with Crippen molar-refractivity contribution in [3.05, 3.63) is 33.4 Å². The van der Waals surface area contributed by atoms with E-state index >= 15 is 0 Å². The van der Waals surface area contributed by atoms with Crippen molar-refractivity contribution < 1.29 is 4.79 Å². The number of hydrogen-bond acceptors (Lipinski definition) is 2. The van der Waals surface area contributed by atoms with Crippen LogP contribution in [0.15, 0.2) is 24.3 Å². The quantitative estimate of drug-likeness (QED) is 0.843. The zero-order valence-corrected chi connectivity index (χ0v) is 12.4. The Hall–Kier alpha value is -0.620. The van der Waals surface area contributed by atoms with Crippen molar-refractivity contribution in [3.63, 3.8) is 0 Å². The van der Waals surface area contributed by atoms with E-state index in [9.17, 15) is 4.79 Å². The van der Waals surface area contributed by atoms with E-state index < -0.39 is 0 Å². The number of benzene rings is 1. The van der Waals surface area contributed by atoms with E-state index in [0.29, 0.717) is 6.04 Å². The van der Waals surface area contributed by atoms with Gasteiger partial charge in [0, 0.05) is 34.3 Å². The molecule has 96 valence electrons. The maximum atomic E-state index is 12.1. The molecule has 1 unspecified atom stereocenters. The lowest BCUT2D eigenvalue weighted by Crippen LogP contribution is -2.37. The van der Waals surface area contributed by atoms with Crippen LogP contribution in [0.3, 0.4) is 0 Å². The minimum absolute atomic E-state index is 0.0639. The number of nitrogens with zero attached hydrogens (tertiary/aromatic N) is 1. The molecular weight excluding hydrogens is 339 g/mol. The van der Waals surface area contributed by atoms with E-state index in [-0.39, 0.29) is 5.91 Å². The molecule has 0 aromatic heterocycles. The lowest BCUT2D eigenvalue weighted by molar-refractivity contribution is 0.0937. The molecule has 3 rings (SSSR count). The molecule has 1 N–H and O–H groups in total. The van der Waals surface area contributed by atoms with E-state index in [1.165, 1.54) is 12.8 Å². The van der Waals surface area contributed by atoms with Gasteiger partial charge in [0.2, 0.25) is 0 Å². The van der Waals surface area contributed by atoms with Gasteiger partial charge in [0.1, 0.15) is 0 Å². The summed E-state index contributed by atoms with van der Waals surface area (Å²) in [4.78, 5) is 14.6. The molecule has 1 saturated carbocycles. The number of carbonyl (C=O) groups excluding carboxylic acids is 1. The van der Waals surface area contributed by atoms with Gasteiger partial charge in [-0.2, -0.15) is 0 Å². The summed E-state index contributed by atoms with van der Waals surface area (Å²) in [6.45, 7) is 2.17. The first-order valence-electron chi connectivity index (χ1n) is 6.53. The van der Waals surface area contributed by atoms with Crippen molar-refractivity contribution in [1.29, 1.82) is 0 Å². The van der Waals surface area contributed by atoms with Gasteiger partial charge in [-0.05, 0) is 66.1 Å². The van der Waals surface area contributed by atoms with Crippen LogP contribution in [0.5, 0.6) is 0 Å². The molecule has 1 atom stereocenters. The smallest absolute Gasteiger partial charge is 0.251 e. The fraction of sp³-hybridized carbons (Fsp3) is 0.500. The molecule has 1 aliphatic carbocycles. The second-order valence-electron chi connectivity index (χ2n) is 5.19. The Balaban J connectivity index is 1.56. The molecule has 3 nitrogen and oxygen atoms in total. The Bertz CT molecular complexity index is 442. The normalized spacial score (nSPS) is 24.2. The summed E-state index contributed by atoms with van der Waals surface area (Å²) in [5, 5.41) is 3.14. The Morgan fingerprint density at radius 3 is 2.61 bits per heavy atom. The zero-order valence-electron chi connectivity index (χ0n) is 10.2. The summed E-state index contributed by atoms with van der Waals surface area (Å²) < 4.78 is 1.16. The Kier molecular flexibility index (Phi) is 3.56. The highest BCUT2D eigenvalue weighted by Crippen LogP contribution is 2.29. The van der Waals surface area contributed by atoms with Gasteiger partial charge in [0.25, 0.3) is 5.91 Å². The predicted octanol–water partition coefficient (Wildman–Crippen LogP) is 2.26. The Morgan fingerprint density at radius 2 is 1.94 bits per heavy atom. The molecule has 0 bridgehead atoms. The average Bonchev–Trinajstić information content (AvgIpc) is 3.11. The summed E-state index contributed by atoms with van der Waals surface area (Å²) in [6.07, 6.45) is 3.78. The van der Waals surface area contributed by atoms with Crippen molar-refractivity contribution in [2.45, 2.75) is 31.3 Å². The first kappa shape index (κ1) is 12.4. The predicted molar refractivity (Wildman–Crippen MR) is 79.6 cm³/mol. The van der Waals surface area contributed by atoms with Gasteiger partial charge in [0.15, 0.2) is 0 Å². The number of nitrogens with one attached hydrogen (secondary N) is 1. The number of rotatable bonds is 3. The molecule has 4 heteroatoms. The lowest BCUT2D eigenvalue weighted by atomic mass is 10.2. The molecule has 1 aromatic carbocycles. The summed E-state index contributed by atoms with van der Waals surface area (Å²) >= 11 is 2.25. The van der Waals surface area contributed by atoms with E-state index in [0.717, 1.165) is 34.7 Å². The minimum Gasteiger partial charge on any atom is -0.348 e. The van der Waals surface area contributed by atoms with Crippen LogP contribution < -0.4 is 5.32 Å². The van der Waals surface area contributed by atoms with Crippen molar-refractivity contribution in [3.8, 4) is 0 Å². The molecule has 0 radical (unpaired) electrons. The fourth-order valence-electron chi connectivity index (χ4n) is 2.55. The largest absolute Gasteiger partial charge is 0.348 e. The highest BCUT2D eigenvalue weighted by atomic mass is 127. The molecule has 1 amide bonds. The number of likely N-dealkylation sites (tertiary alicyclic amines) is 1. The maximum Gasteiger partial charge on any atom is 0.251 e. The third-order valence-electron chi connectivity index (χ3n) is 3.72. The molecule has 2 aliphatic rings. The van der Waals surface area contributed by atoms with Crippen LogP contribution >= 0.6 is 22.6 Å². The number of carbonyl (C=O) groups is 1. The van der Waals surface area contributed by atoms with Crippen molar-refractivity contribution in [1.82, 2.24) is 10.2 Å². The van der Waals surface area contributed by atoms with Crippen LogP contribution in [-0.4, -0.2) is 36.0 Å². The molecule has 2 fully saturated rings. The molecule has 0 spiro atoms. The highest BCUT2D eigenvalue weighted by Gasteiger charge is 2.34. The second-order valence-corrected chi connectivity index (χ2v) is 6.44. The van der Waals surface area contributed by atoms with E-state index in [1.54, 1.807) is 0 Å². The fourth-order valence-corrected chi connectivity index (χ4v) is 2.91. The zero-order chi connectivity index (χ0) is 12.5. The van der Waals surface area contributed by atoms with Crippen LogP contribution in [0.1, 0.15) is 29.6 Å². The van der Waals surface area contributed by atoms with Crippen LogP contribution in [0.4, 0.5) is 0 Å². The molecule has 1 aromatic rings. The second kappa shape index (κ2) is 5.17. The van der Waals surface area contributed by atoms with E-state index in [4.69, 9.17) is 0 Å². The van der Waals surface area contributed by atoms with Gasteiger partial charge >= 0.3 is 0 Å². The molecule has 1 aliphatic heterocycles. The van der Waals surface area contributed by atoms with Crippen molar-refractivity contribution in [2.24, 2.45) is 0 Å². The average molecular weight is 356 g/mol. The van der Waals surface area contributed by atoms with Gasteiger partial charge in [0.05, 0.1) is 0 Å². The van der Waals surface area contributed by atoms with Crippen LogP contribution in [0, 0.1) is 3.57 Å². The number of amides is 1. The maximum absolute atomic E-state index is 12.1. The third-order valence-corrected chi connectivity index (χ3v) is 4.44. The van der Waals surface area contributed by atoms with Gasteiger partial charge < -0.3 is 5.32 Å². The summed E-state index contributed by atoms with van der Waals surface area (Å²) in [5.74, 6) is 0.0639. The van der Waals surface area contributed by atoms with Gasteiger partial charge in [-0.3, -0.25) is 9.69 Å². The highest BCUT2D eigenvalue weighted by molar-refractivity contribution is 14.1. The van der Waals surface area contributed by atoms with Crippen molar-refractivity contribution >= 4 is 28.5 Å². The summed E-state index contributed by atoms with van der Waals surface area (Å²) in [7, 11) is 0. The molecule has 1 heterocycles. The van der Waals surface area contributed by atoms with Crippen LogP contribution in [0.2, 0.25) is 0 Å². The first-order chi connectivity index (χ1) is 8.72.